The average Bonchev–Trinajstić information content (AvgIpc) is 2.33. The highest BCUT2D eigenvalue weighted by Crippen LogP contribution is 2.29. The standard InChI is InChI=1S/C7H10O2/c1-2-6-7(3-1)9-5-4-8-6/h1-5H2. The Labute approximate surface area is 54.5 Å². The molecule has 0 saturated heterocycles. The molecule has 0 atom stereocenters. The molecule has 1 heterocycles. The molecule has 0 aromatic heterocycles. The molecule has 0 unspecified atom stereocenters. The van der Waals surface area contributed by atoms with Crippen molar-refractivity contribution in [2.75, 3.05) is 13.2 Å². The molecule has 0 saturated carbocycles. The van der Waals surface area contributed by atoms with Gasteiger partial charge in [0.1, 0.15) is 24.7 Å². The Balaban J connectivity index is 2.17. The van der Waals surface area contributed by atoms with Gasteiger partial charge in [0.25, 0.3) is 0 Å². The second-order valence-electron chi connectivity index (χ2n) is 2.40. The number of allylic oxidation sites excluding steroid dienone is 2. The van der Waals surface area contributed by atoms with Gasteiger partial charge >= 0.3 is 0 Å². The molecule has 0 radical (unpaired) electrons. The van der Waals surface area contributed by atoms with Crippen LogP contribution in [0.3, 0.4) is 0 Å². The Morgan fingerprint density at radius 3 is 2.00 bits per heavy atom. The lowest BCUT2D eigenvalue weighted by molar-refractivity contribution is 0.0648. The molecule has 0 aromatic rings. The molecule has 0 N–H and O–H groups in total. The van der Waals surface area contributed by atoms with Gasteiger partial charge in [-0.3, -0.25) is 0 Å². The summed E-state index contributed by atoms with van der Waals surface area (Å²) < 4.78 is 10.7. The number of hydrogen-bond acceptors (Lipinski definition) is 2. The Bertz CT molecular complexity index is 133. The van der Waals surface area contributed by atoms with E-state index >= 15 is 0 Å². The lowest BCUT2D eigenvalue weighted by Crippen LogP contribution is -2.10. The van der Waals surface area contributed by atoms with Crippen molar-refractivity contribution in [3.8, 4) is 0 Å². The van der Waals surface area contributed by atoms with Crippen molar-refractivity contribution in [3.05, 3.63) is 11.5 Å². The van der Waals surface area contributed by atoms with Crippen LogP contribution >= 0.6 is 0 Å². The van der Waals surface area contributed by atoms with Gasteiger partial charge in [-0.05, 0) is 6.42 Å². The number of hydrogen-bond donors (Lipinski definition) is 0. The summed E-state index contributed by atoms with van der Waals surface area (Å²) in [5, 5.41) is 0. The highest BCUT2D eigenvalue weighted by molar-refractivity contribution is 5.09. The van der Waals surface area contributed by atoms with E-state index in [2.05, 4.69) is 0 Å². The van der Waals surface area contributed by atoms with Crippen molar-refractivity contribution in [3.63, 3.8) is 0 Å². The first kappa shape index (κ1) is 5.15. The third-order valence-electron chi connectivity index (χ3n) is 1.75. The third-order valence-corrected chi connectivity index (χ3v) is 1.75. The molecule has 2 nitrogen and oxygen atoms in total. The SMILES string of the molecule is C1CC2=C(C1)OCCO2. The average molecular weight is 126 g/mol. The van der Waals surface area contributed by atoms with Crippen LogP contribution in [-0.2, 0) is 9.47 Å². The molecule has 2 aliphatic rings. The summed E-state index contributed by atoms with van der Waals surface area (Å²) in [6.45, 7) is 1.50. The minimum atomic E-state index is 0.749. The Hall–Kier alpha value is -0.660. The quantitative estimate of drug-likeness (QED) is 0.488. The lowest BCUT2D eigenvalue weighted by atomic mass is 10.3. The van der Waals surface area contributed by atoms with Gasteiger partial charge in [-0.1, -0.05) is 0 Å². The zero-order chi connectivity index (χ0) is 6.10. The fourth-order valence-electron chi connectivity index (χ4n) is 1.32. The smallest absolute Gasteiger partial charge is 0.134 e. The van der Waals surface area contributed by atoms with Crippen molar-refractivity contribution < 1.29 is 9.47 Å². The molecule has 50 valence electrons. The van der Waals surface area contributed by atoms with Gasteiger partial charge in [-0.2, -0.15) is 0 Å². The van der Waals surface area contributed by atoms with Gasteiger partial charge in [0.2, 0.25) is 0 Å². The van der Waals surface area contributed by atoms with Crippen LogP contribution in [-0.4, -0.2) is 13.2 Å². The van der Waals surface area contributed by atoms with E-state index in [1.165, 1.54) is 6.42 Å². The molecule has 2 heteroatoms. The summed E-state index contributed by atoms with van der Waals surface area (Å²) in [5.74, 6) is 2.22. The zero-order valence-electron chi connectivity index (χ0n) is 5.35. The molecule has 1 aliphatic carbocycles. The summed E-state index contributed by atoms with van der Waals surface area (Å²) in [5.41, 5.74) is 0. The monoisotopic (exact) mass is 126 g/mol. The summed E-state index contributed by atoms with van der Waals surface area (Å²) in [4.78, 5) is 0. The molecule has 9 heavy (non-hydrogen) atoms. The molecule has 1 aliphatic heterocycles. The van der Waals surface area contributed by atoms with Crippen LogP contribution in [0.4, 0.5) is 0 Å². The van der Waals surface area contributed by atoms with Gasteiger partial charge in [0.15, 0.2) is 0 Å². The van der Waals surface area contributed by atoms with E-state index in [0.29, 0.717) is 0 Å². The van der Waals surface area contributed by atoms with E-state index in [0.717, 1.165) is 37.6 Å². The van der Waals surface area contributed by atoms with E-state index in [1.807, 2.05) is 0 Å². The van der Waals surface area contributed by atoms with Crippen LogP contribution in [0.25, 0.3) is 0 Å². The van der Waals surface area contributed by atoms with Crippen molar-refractivity contribution in [2.45, 2.75) is 19.3 Å². The summed E-state index contributed by atoms with van der Waals surface area (Å²) in [7, 11) is 0. The van der Waals surface area contributed by atoms with E-state index in [-0.39, 0.29) is 0 Å². The van der Waals surface area contributed by atoms with Crippen LogP contribution in [0.1, 0.15) is 19.3 Å². The summed E-state index contributed by atoms with van der Waals surface area (Å²) in [6.07, 6.45) is 3.40. The molecule has 0 amide bonds. The van der Waals surface area contributed by atoms with Gasteiger partial charge in [0.05, 0.1) is 0 Å². The molecular weight excluding hydrogens is 116 g/mol. The predicted octanol–water partition coefficient (Wildman–Crippen LogP) is 1.43. The second kappa shape index (κ2) is 1.94. The maximum absolute atomic E-state index is 5.36. The van der Waals surface area contributed by atoms with E-state index in [9.17, 15) is 0 Å². The Morgan fingerprint density at radius 1 is 0.889 bits per heavy atom. The minimum Gasteiger partial charge on any atom is -0.491 e. The van der Waals surface area contributed by atoms with Crippen molar-refractivity contribution in [1.29, 1.82) is 0 Å². The van der Waals surface area contributed by atoms with Gasteiger partial charge in [-0.25, -0.2) is 0 Å². The van der Waals surface area contributed by atoms with E-state index < -0.39 is 0 Å². The summed E-state index contributed by atoms with van der Waals surface area (Å²) in [6, 6.07) is 0. The van der Waals surface area contributed by atoms with E-state index in [1.54, 1.807) is 0 Å². The van der Waals surface area contributed by atoms with Gasteiger partial charge < -0.3 is 9.47 Å². The molecule has 0 spiro atoms. The molecule has 0 fully saturated rings. The fourth-order valence-corrected chi connectivity index (χ4v) is 1.32. The van der Waals surface area contributed by atoms with Crippen LogP contribution in [0, 0.1) is 0 Å². The van der Waals surface area contributed by atoms with E-state index in [4.69, 9.17) is 9.47 Å². The maximum atomic E-state index is 5.36. The first-order valence-corrected chi connectivity index (χ1v) is 3.44. The Morgan fingerprint density at radius 2 is 1.44 bits per heavy atom. The van der Waals surface area contributed by atoms with Crippen molar-refractivity contribution in [1.82, 2.24) is 0 Å². The van der Waals surface area contributed by atoms with Crippen LogP contribution in [0.5, 0.6) is 0 Å². The normalized spacial score (nSPS) is 24.9. The summed E-state index contributed by atoms with van der Waals surface area (Å²) >= 11 is 0. The third kappa shape index (κ3) is 0.784. The molecular formula is C7H10O2. The largest absolute Gasteiger partial charge is 0.491 e. The van der Waals surface area contributed by atoms with Crippen LogP contribution in [0.15, 0.2) is 11.5 Å². The number of rotatable bonds is 0. The van der Waals surface area contributed by atoms with Gasteiger partial charge in [0, 0.05) is 12.8 Å². The van der Waals surface area contributed by atoms with Crippen LogP contribution in [0.2, 0.25) is 0 Å². The second-order valence-corrected chi connectivity index (χ2v) is 2.40. The number of ether oxygens (including phenoxy) is 2. The molecule has 0 aromatic carbocycles. The van der Waals surface area contributed by atoms with Crippen LogP contribution < -0.4 is 0 Å². The predicted molar refractivity (Wildman–Crippen MR) is 32.8 cm³/mol. The highest BCUT2D eigenvalue weighted by Gasteiger charge is 2.20. The molecule has 0 bridgehead atoms. The highest BCUT2D eigenvalue weighted by atomic mass is 16.6. The lowest BCUT2D eigenvalue weighted by Gasteiger charge is -2.16. The first-order chi connectivity index (χ1) is 4.47. The van der Waals surface area contributed by atoms with Crippen molar-refractivity contribution >= 4 is 0 Å². The van der Waals surface area contributed by atoms with Gasteiger partial charge in [-0.15, -0.1) is 0 Å². The zero-order valence-corrected chi connectivity index (χ0v) is 5.35. The Kier molecular flexibility index (Phi) is 1.11. The topological polar surface area (TPSA) is 18.5 Å². The minimum absolute atomic E-state index is 0.749. The van der Waals surface area contributed by atoms with Crippen molar-refractivity contribution in [2.24, 2.45) is 0 Å². The molecule has 2 rings (SSSR count). The first-order valence-electron chi connectivity index (χ1n) is 3.44. The maximum Gasteiger partial charge on any atom is 0.134 e. The fraction of sp³-hybridized carbons (Fsp3) is 0.714.